The Kier molecular flexibility index (Phi) is 6.13. The van der Waals surface area contributed by atoms with Crippen LogP contribution in [0.2, 0.25) is 0 Å². The molecule has 0 aliphatic heterocycles. The molecule has 1 rings (SSSR count). The molecule has 0 fully saturated rings. The van der Waals surface area contributed by atoms with Crippen molar-refractivity contribution in [2.75, 3.05) is 14.2 Å². The molecule has 0 aliphatic rings. The van der Waals surface area contributed by atoms with Gasteiger partial charge in [0.1, 0.15) is 11.5 Å². The Balaban J connectivity index is 0.00000196. The molecule has 1 aromatic rings. The van der Waals surface area contributed by atoms with Crippen LogP contribution in [0, 0.1) is 0 Å². The van der Waals surface area contributed by atoms with Gasteiger partial charge >= 0.3 is 0 Å². The normalized spacial score (nSPS) is 11.5. The number of benzene rings is 1. The molecule has 0 radical (unpaired) electrons. The summed E-state index contributed by atoms with van der Waals surface area (Å²) in [6.07, 6.45) is 0.892. The highest BCUT2D eigenvalue weighted by molar-refractivity contribution is 5.85. The summed E-state index contributed by atoms with van der Waals surface area (Å²) in [5, 5.41) is 0. The minimum atomic E-state index is 0. The van der Waals surface area contributed by atoms with E-state index in [1.165, 1.54) is 0 Å². The lowest BCUT2D eigenvalue weighted by Crippen LogP contribution is -2.10. The minimum Gasteiger partial charge on any atom is -0.497 e. The van der Waals surface area contributed by atoms with E-state index >= 15 is 0 Å². The van der Waals surface area contributed by atoms with Gasteiger partial charge in [0, 0.05) is 17.7 Å². The van der Waals surface area contributed by atoms with Gasteiger partial charge in [-0.1, -0.05) is 13.0 Å². The molecule has 0 amide bonds. The number of hydrogen-bond donors (Lipinski definition) is 1. The summed E-state index contributed by atoms with van der Waals surface area (Å²) in [5.41, 5.74) is 6.97. The molecule has 2 N–H and O–H groups in total. The van der Waals surface area contributed by atoms with E-state index < -0.39 is 0 Å². The summed E-state index contributed by atoms with van der Waals surface area (Å²) in [4.78, 5) is 0. The van der Waals surface area contributed by atoms with E-state index in [9.17, 15) is 0 Å². The maximum atomic E-state index is 5.94. The lowest BCUT2D eigenvalue weighted by Gasteiger charge is -2.14. The van der Waals surface area contributed by atoms with Gasteiger partial charge in [-0.15, -0.1) is 12.4 Å². The van der Waals surface area contributed by atoms with Crippen LogP contribution in [-0.4, -0.2) is 14.2 Å². The molecule has 0 bridgehead atoms. The molecule has 3 nitrogen and oxygen atoms in total. The number of ether oxygens (including phenoxy) is 2. The molecular weight excluding hydrogens is 214 g/mol. The molecule has 0 spiro atoms. The van der Waals surface area contributed by atoms with E-state index in [4.69, 9.17) is 15.2 Å². The number of nitrogens with two attached hydrogens (primary N) is 1. The van der Waals surface area contributed by atoms with Crippen LogP contribution in [0.3, 0.4) is 0 Å². The van der Waals surface area contributed by atoms with Crippen molar-refractivity contribution in [3.63, 3.8) is 0 Å². The molecule has 86 valence electrons. The van der Waals surface area contributed by atoms with Crippen LogP contribution in [0.25, 0.3) is 0 Å². The maximum absolute atomic E-state index is 5.94. The maximum Gasteiger partial charge on any atom is 0.127 e. The monoisotopic (exact) mass is 231 g/mol. The quantitative estimate of drug-likeness (QED) is 0.866. The molecule has 0 aliphatic carbocycles. The number of halogens is 1. The Morgan fingerprint density at radius 3 is 2.40 bits per heavy atom. The van der Waals surface area contributed by atoms with Crippen molar-refractivity contribution in [3.05, 3.63) is 23.8 Å². The summed E-state index contributed by atoms with van der Waals surface area (Å²) in [5.74, 6) is 1.58. The topological polar surface area (TPSA) is 44.5 Å². The summed E-state index contributed by atoms with van der Waals surface area (Å²) < 4.78 is 10.4. The SMILES string of the molecule is CCC(N)c1ccc(OC)cc1OC.Cl. The highest BCUT2D eigenvalue weighted by Crippen LogP contribution is 2.29. The summed E-state index contributed by atoms with van der Waals surface area (Å²) in [6.45, 7) is 2.05. The fraction of sp³-hybridized carbons (Fsp3) is 0.455. The third kappa shape index (κ3) is 3.29. The predicted octanol–water partition coefficient (Wildman–Crippen LogP) is 2.54. The lowest BCUT2D eigenvalue weighted by atomic mass is 10.0. The van der Waals surface area contributed by atoms with Crippen molar-refractivity contribution >= 4 is 12.4 Å². The van der Waals surface area contributed by atoms with Crippen LogP contribution >= 0.6 is 12.4 Å². The highest BCUT2D eigenvalue weighted by atomic mass is 35.5. The first-order valence-corrected chi connectivity index (χ1v) is 4.70. The fourth-order valence-corrected chi connectivity index (χ4v) is 1.34. The molecule has 0 saturated carbocycles. The largest absolute Gasteiger partial charge is 0.497 e. The molecule has 15 heavy (non-hydrogen) atoms. The molecule has 0 heterocycles. The van der Waals surface area contributed by atoms with E-state index in [1.54, 1.807) is 14.2 Å². The second-order valence-electron chi connectivity index (χ2n) is 3.12. The first-order valence-electron chi connectivity index (χ1n) is 4.70. The number of hydrogen-bond acceptors (Lipinski definition) is 3. The molecule has 0 aromatic heterocycles. The Morgan fingerprint density at radius 1 is 1.27 bits per heavy atom. The summed E-state index contributed by atoms with van der Waals surface area (Å²) in [6, 6.07) is 5.72. The lowest BCUT2D eigenvalue weighted by molar-refractivity contribution is 0.388. The van der Waals surface area contributed by atoms with Crippen molar-refractivity contribution in [3.8, 4) is 11.5 Å². The van der Waals surface area contributed by atoms with Crippen LogP contribution < -0.4 is 15.2 Å². The van der Waals surface area contributed by atoms with Crippen LogP contribution in [-0.2, 0) is 0 Å². The summed E-state index contributed by atoms with van der Waals surface area (Å²) >= 11 is 0. The molecule has 1 aromatic carbocycles. The number of rotatable bonds is 4. The van der Waals surface area contributed by atoms with E-state index in [-0.39, 0.29) is 18.4 Å². The smallest absolute Gasteiger partial charge is 0.127 e. The van der Waals surface area contributed by atoms with E-state index in [0.717, 1.165) is 23.5 Å². The van der Waals surface area contributed by atoms with Gasteiger partial charge in [0.15, 0.2) is 0 Å². The van der Waals surface area contributed by atoms with Crippen molar-refractivity contribution in [1.29, 1.82) is 0 Å². The molecule has 1 atom stereocenters. The van der Waals surface area contributed by atoms with Crippen molar-refractivity contribution < 1.29 is 9.47 Å². The molecule has 4 heteroatoms. The molecule has 0 saturated heterocycles. The standard InChI is InChI=1S/C11H17NO2.ClH/c1-4-10(12)9-6-5-8(13-2)7-11(9)14-3;/h5-7,10H,4,12H2,1-3H3;1H. The Hall–Kier alpha value is -0.930. The van der Waals surface area contributed by atoms with Gasteiger partial charge in [-0.3, -0.25) is 0 Å². The van der Waals surface area contributed by atoms with Crippen molar-refractivity contribution in [2.24, 2.45) is 5.73 Å². The summed E-state index contributed by atoms with van der Waals surface area (Å²) in [7, 11) is 3.27. The van der Waals surface area contributed by atoms with Crippen LogP contribution in [0.5, 0.6) is 11.5 Å². The second-order valence-corrected chi connectivity index (χ2v) is 3.12. The zero-order valence-corrected chi connectivity index (χ0v) is 10.1. The fourth-order valence-electron chi connectivity index (χ4n) is 1.34. The predicted molar refractivity (Wildman–Crippen MR) is 64.0 cm³/mol. The minimum absolute atomic E-state index is 0. The Morgan fingerprint density at radius 2 is 1.93 bits per heavy atom. The number of methoxy groups -OCH3 is 2. The van der Waals surface area contributed by atoms with Gasteiger partial charge in [0.2, 0.25) is 0 Å². The highest BCUT2D eigenvalue weighted by Gasteiger charge is 2.10. The molecule has 1 unspecified atom stereocenters. The van der Waals surface area contributed by atoms with E-state index in [0.29, 0.717) is 0 Å². The van der Waals surface area contributed by atoms with Crippen LogP contribution in [0.1, 0.15) is 24.9 Å². The zero-order chi connectivity index (χ0) is 10.6. The van der Waals surface area contributed by atoms with Gasteiger partial charge in [0.25, 0.3) is 0 Å². The van der Waals surface area contributed by atoms with Crippen molar-refractivity contribution in [2.45, 2.75) is 19.4 Å². The van der Waals surface area contributed by atoms with Crippen LogP contribution in [0.4, 0.5) is 0 Å². The first kappa shape index (κ1) is 14.1. The van der Waals surface area contributed by atoms with Crippen LogP contribution in [0.15, 0.2) is 18.2 Å². The van der Waals surface area contributed by atoms with Gasteiger partial charge in [-0.25, -0.2) is 0 Å². The average Bonchev–Trinajstić information content (AvgIpc) is 2.27. The average molecular weight is 232 g/mol. The third-order valence-corrected chi connectivity index (χ3v) is 2.28. The van der Waals surface area contributed by atoms with Gasteiger partial charge in [0.05, 0.1) is 14.2 Å². The third-order valence-electron chi connectivity index (χ3n) is 2.28. The van der Waals surface area contributed by atoms with Crippen molar-refractivity contribution in [1.82, 2.24) is 0 Å². The van der Waals surface area contributed by atoms with E-state index in [2.05, 4.69) is 0 Å². The first-order chi connectivity index (χ1) is 6.72. The van der Waals surface area contributed by atoms with E-state index in [1.807, 2.05) is 25.1 Å². The Bertz CT molecular complexity index is 305. The zero-order valence-electron chi connectivity index (χ0n) is 9.32. The van der Waals surface area contributed by atoms with Gasteiger partial charge < -0.3 is 15.2 Å². The Labute approximate surface area is 97.0 Å². The van der Waals surface area contributed by atoms with Gasteiger partial charge in [-0.05, 0) is 12.5 Å². The molecular formula is C11H18ClNO2. The van der Waals surface area contributed by atoms with Gasteiger partial charge in [-0.2, -0.15) is 0 Å². The second kappa shape index (κ2) is 6.53.